The summed E-state index contributed by atoms with van der Waals surface area (Å²) in [5.74, 6) is 0.782. The van der Waals surface area contributed by atoms with Crippen LogP contribution in [-0.2, 0) is 0 Å². The number of nitrogens with zero attached hydrogens (tertiary/aromatic N) is 3. The summed E-state index contributed by atoms with van der Waals surface area (Å²) in [5.41, 5.74) is 1.17. The van der Waals surface area contributed by atoms with Crippen molar-refractivity contribution in [3.8, 4) is 11.5 Å². The lowest BCUT2D eigenvalue weighted by atomic mass is 10.2. The van der Waals surface area contributed by atoms with Gasteiger partial charge in [0, 0.05) is 41.1 Å². The highest BCUT2D eigenvalue weighted by atomic mass is 35.5. The van der Waals surface area contributed by atoms with Crippen LogP contribution in [-0.4, -0.2) is 47.8 Å². The number of methoxy groups -OCH3 is 2. The van der Waals surface area contributed by atoms with Gasteiger partial charge in [0.2, 0.25) is 5.01 Å². The average molecular weight is 488 g/mol. The molecule has 1 aliphatic rings. The summed E-state index contributed by atoms with van der Waals surface area (Å²) in [7, 11) is 3.10. The van der Waals surface area contributed by atoms with E-state index in [1.807, 2.05) is 0 Å². The third-order valence-electron chi connectivity index (χ3n) is 5.14. The number of amides is 3. The number of anilines is 2. The highest BCUT2D eigenvalue weighted by molar-refractivity contribution is 7.13. The smallest absolute Gasteiger partial charge is 0.322 e. The molecule has 0 aliphatic carbocycles. The van der Waals surface area contributed by atoms with E-state index in [0.29, 0.717) is 39.4 Å². The number of halogens is 1. The lowest BCUT2D eigenvalue weighted by molar-refractivity contribution is 0.102. The lowest BCUT2D eigenvalue weighted by Gasteiger charge is -2.23. The Morgan fingerprint density at radius 1 is 1.03 bits per heavy atom. The van der Waals surface area contributed by atoms with E-state index in [-0.39, 0.29) is 23.0 Å². The largest absolute Gasteiger partial charge is 0.497 e. The van der Waals surface area contributed by atoms with Gasteiger partial charge in [0.15, 0.2) is 0 Å². The van der Waals surface area contributed by atoms with Crippen LogP contribution in [0.1, 0.15) is 33.7 Å². The lowest BCUT2D eigenvalue weighted by Crippen LogP contribution is -2.34. The first-order valence-corrected chi connectivity index (χ1v) is 11.4. The van der Waals surface area contributed by atoms with Gasteiger partial charge in [-0.2, -0.15) is 0 Å². The van der Waals surface area contributed by atoms with Crippen molar-refractivity contribution in [3.05, 3.63) is 57.5 Å². The predicted octanol–water partition coefficient (Wildman–Crippen LogP) is 4.83. The van der Waals surface area contributed by atoms with Crippen molar-refractivity contribution in [3.63, 3.8) is 0 Å². The van der Waals surface area contributed by atoms with Crippen LogP contribution in [0.25, 0.3) is 0 Å². The fraction of sp³-hybridized carbons (Fsp3) is 0.273. The summed E-state index contributed by atoms with van der Waals surface area (Å²) < 4.78 is 10.5. The Hall–Kier alpha value is -3.37. The molecule has 0 spiro atoms. The molecule has 0 bridgehead atoms. The first kappa shape index (κ1) is 22.8. The molecule has 1 aromatic heterocycles. The summed E-state index contributed by atoms with van der Waals surface area (Å²) >= 11 is 7.06. The van der Waals surface area contributed by atoms with Gasteiger partial charge in [-0.1, -0.05) is 22.9 Å². The van der Waals surface area contributed by atoms with Gasteiger partial charge in [0.25, 0.3) is 5.91 Å². The van der Waals surface area contributed by atoms with Gasteiger partial charge in [-0.15, -0.1) is 10.2 Å². The third kappa shape index (κ3) is 5.35. The predicted molar refractivity (Wildman–Crippen MR) is 127 cm³/mol. The second-order valence-electron chi connectivity index (χ2n) is 7.29. The molecular weight excluding hydrogens is 466 g/mol. The molecule has 4 rings (SSSR count). The first-order valence-electron chi connectivity index (χ1n) is 10.2. The highest BCUT2D eigenvalue weighted by Crippen LogP contribution is 2.35. The number of urea groups is 1. The second kappa shape index (κ2) is 10.1. The second-order valence-corrected chi connectivity index (χ2v) is 8.73. The molecule has 11 heteroatoms. The van der Waals surface area contributed by atoms with Gasteiger partial charge in [-0.05, 0) is 37.1 Å². The average Bonchev–Trinajstić information content (AvgIpc) is 3.50. The highest BCUT2D eigenvalue weighted by Gasteiger charge is 2.33. The standard InChI is InChI=1S/C22H22ClN5O4S/c1-31-16-10-15(11-17(12-16)32-2)25-22(30)28-9-3-4-18(28)20-26-27-21(33-20)19(29)24-14-7-5-13(23)6-8-14/h5-8,10-12,18H,3-4,9H2,1-2H3,(H,24,29)(H,25,30)/t18-/m1/s1. The van der Waals surface area contributed by atoms with Crippen LogP contribution in [0.15, 0.2) is 42.5 Å². The number of aromatic nitrogens is 2. The molecule has 9 nitrogen and oxygen atoms in total. The van der Waals surface area contributed by atoms with Crippen molar-refractivity contribution in [2.24, 2.45) is 0 Å². The zero-order valence-electron chi connectivity index (χ0n) is 18.0. The van der Waals surface area contributed by atoms with Crippen LogP contribution in [0.4, 0.5) is 16.2 Å². The van der Waals surface area contributed by atoms with E-state index in [1.54, 1.807) is 61.6 Å². The molecular formula is C22H22ClN5O4S. The molecule has 2 heterocycles. The van der Waals surface area contributed by atoms with Crippen LogP contribution in [0.2, 0.25) is 5.02 Å². The van der Waals surface area contributed by atoms with E-state index in [9.17, 15) is 9.59 Å². The SMILES string of the molecule is COc1cc(NC(=O)N2CCC[C@@H]2c2nnc(C(=O)Nc3ccc(Cl)cc3)s2)cc(OC)c1. The topological polar surface area (TPSA) is 106 Å². The molecule has 0 unspecified atom stereocenters. The van der Waals surface area contributed by atoms with Crippen LogP contribution >= 0.6 is 22.9 Å². The fourth-order valence-electron chi connectivity index (χ4n) is 3.52. The maximum atomic E-state index is 13.0. The zero-order valence-corrected chi connectivity index (χ0v) is 19.6. The van der Waals surface area contributed by atoms with E-state index >= 15 is 0 Å². The maximum Gasteiger partial charge on any atom is 0.322 e. The fourth-order valence-corrected chi connectivity index (χ4v) is 4.53. The van der Waals surface area contributed by atoms with Crippen molar-refractivity contribution in [1.29, 1.82) is 0 Å². The molecule has 2 N–H and O–H groups in total. The van der Waals surface area contributed by atoms with Crippen molar-refractivity contribution in [1.82, 2.24) is 15.1 Å². The van der Waals surface area contributed by atoms with Crippen molar-refractivity contribution in [2.45, 2.75) is 18.9 Å². The monoisotopic (exact) mass is 487 g/mol. The Morgan fingerprint density at radius 2 is 1.73 bits per heavy atom. The molecule has 2 aromatic carbocycles. The molecule has 1 fully saturated rings. The van der Waals surface area contributed by atoms with Gasteiger partial charge >= 0.3 is 6.03 Å². The van der Waals surface area contributed by atoms with E-state index in [4.69, 9.17) is 21.1 Å². The van der Waals surface area contributed by atoms with E-state index in [1.165, 1.54) is 11.3 Å². The van der Waals surface area contributed by atoms with Gasteiger partial charge in [-0.25, -0.2) is 4.79 Å². The van der Waals surface area contributed by atoms with Crippen LogP contribution in [0.3, 0.4) is 0 Å². The van der Waals surface area contributed by atoms with Crippen LogP contribution in [0, 0.1) is 0 Å². The number of rotatable bonds is 6. The summed E-state index contributed by atoms with van der Waals surface area (Å²) in [4.78, 5) is 27.3. The van der Waals surface area contributed by atoms with Crippen molar-refractivity contribution in [2.75, 3.05) is 31.4 Å². The number of hydrogen-bond acceptors (Lipinski definition) is 7. The molecule has 1 aliphatic heterocycles. The normalized spacial score (nSPS) is 15.2. The van der Waals surface area contributed by atoms with E-state index < -0.39 is 0 Å². The quantitative estimate of drug-likeness (QED) is 0.516. The minimum absolute atomic E-state index is 0.227. The minimum Gasteiger partial charge on any atom is -0.497 e. The Balaban J connectivity index is 1.45. The van der Waals surface area contributed by atoms with Gasteiger partial charge < -0.3 is 25.0 Å². The number of benzene rings is 2. The zero-order chi connectivity index (χ0) is 23.4. The Labute approximate surface area is 199 Å². The Morgan fingerprint density at radius 3 is 2.39 bits per heavy atom. The number of likely N-dealkylation sites (tertiary alicyclic amines) is 1. The molecule has 0 radical (unpaired) electrons. The number of carbonyl (C=O) groups excluding carboxylic acids is 2. The summed E-state index contributed by atoms with van der Waals surface area (Å²) in [6.07, 6.45) is 1.56. The molecule has 3 amide bonds. The van der Waals surface area contributed by atoms with Crippen molar-refractivity contribution >= 4 is 46.3 Å². The molecule has 172 valence electrons. The number of nitrogens with one attached hydrogen (secondary N) is 2. The van der Waals surface area contributed by atoms with Gasteiger partial charge in [0.05, 0.1) is 20.3 Å². The van der Waals surface area contributed by atoms with Gasteiger partial charge in [0.1, 0.15) is 16.5 Å². The molecule has 0 saturated carbocycles. The number of ether oxygens (including phenoxy) is 2. The molecule has 3 aromatic rings. The van der Waals surface area contributed by atoms with Gasteiger partial charge in [-0.3, -0.25) is 4.79 Å². The number of hydrogen-bond donors (Lipinski definition) is 2. The minimum atomic E-state index is -0.362. The van der Waals surface area contributed by atoms with Crippen molar-refractivity contribution < 1.29 is 19.1 Å². The first-order chi connectivity index (χ1) is 16.0. The van der Waals surface area contributed by atoms with Crippen LogP contribution < -0.4 is 20.1 Å². The summed E-state index contributed by atoms with van der Waals surface area (Å²) in [6, 6.07) is 11.4. The van der Waals surface area contributed by atoms with E-state index in [0.717, 1.165) is 12.8 Å². The summed E-state index contributed by atoms with van der Waals surface area (Å²) in [5, 5.41) is 15.3. The van der Waals surface area contributed by atoms with Crippen LogP contribution in [0.5, 0.6) is 11.5 Å². The maximum absolute atomic E-state index is 13.0. The Kier molecular flexibility index (Phi) is 6.95. The Bertz CT molecular complexity index is 1130. The van der Waals surface area contributed by atoms with E-state index in [2.05, 4.69) is 20.8 Å². The molecule has 1 atom stereocenters. The number of carbonyl (C=O) groups is 2. The molecule has 33 heavy (non-hydrogen) atoms. The third-order valence-corrected chi connectivity index (χ3v) is 6.41. The molecule has 1 saturated heterocycles. The summed E-state index contributed by atoms with van der Waals surface area (Å²) in [6.45, 7) is 0.573.